The zero-order chi connectivity index (χ0) is 12.7. The van der Waals surface area contributed by atoms with Crippen LogP contribution in [0, 0.1) is 6.92 Å². The first kappa shape index (κ1) is 11.0. The van der Waals surface area contributed by atoms with Gasteiger partial charge in [0.2, 0.25) is 5.56 Å². The summed E-state index contributed by atoms with van der Waals surface area (Å²) in [5.41, 5.74) is 1.40. The largest absolute Gasteiger partial charge is 0.322 e. The SMILES string of the molecule is Cc1c(Cl)ncn1-c1nccc2[nH]c(=O)ccc12. The van der Waals surface area contributed by atoms with Crippen molar-refractivity contribution in [1.82, 2.24) is 19.5 Å². The molecule has 0 atom stereocenters. The van der Waals surface area contributed by atoms with Gasteiger partial charge in [-0.1, -0.05) is 11.6 Å². The summed E-state index contributed by atoms with van der Waals surface area (Å²) < 4.78 is 1.79. The van der Waals surface area contributed by atoms with Crippen molar-refractivity contribution in [3.8, 4) is 5.82 Å². The first-order valence-corrected chi connectivity index (χ1v) is 5.72. The minimum absolute atomic E-state index is 0.139. The molecule has 0 aliphatic heterocycles. The predicted octanol–water partition coefficient (Wildman–Crippen LogP) is 2.07. The molecule has 0 fully saturated rings. The smallest absolute Gasteiger partial charge is 0.248 e. The lowest BCUT2D eigenvalue weighted by atomic mass is 10.2. The molecule has 0 spiro atoms. The molecule has 6 heteroatoms. The third kappa shape index (κ3) is 1.60. The van der Waals surface area contributed by atoms with Crippen molar-refractivity contribution in [2.24, 2.45) is 0 Å². The Kier molecular flexibility index (Phi) is 2.41. The van der Waals surface area contributed by atoms with Crippen molar-refractivity contribution in [3.63, 3.8) is 0 Å². The Morgan fingerprint density at radius 1 is 1.28 bits per heavy atom. The highest BCUT2D eigenvalue weighted by atomic mass is 35.5. The molecule has 18 heavy (non-hydrogen) atoms. The average molecular weight is 261 g/mol. The van der Waals surface area contributed by atoms with E-state index >= 15 is 0 Å². The first-order valence-electron chi connectivity index (χ1n) is 5.34. The highest BCUT2D eigenvalue weighted by Crippen LogP contribution is 2.21. The van der Waals surface area contributed by atoms with Gasteiger partial charge >= 0.3 is 0 Å². The maximum atomic E-state index is 11.3. The summed E-state index contributed by atoms with van der Waals surface area (Å²) in [5.74, 6) is 0.695. The summed E-state index contributed by atoms with van der Waals surface area (Å²) in [6, 6.07) is 4.97. The van der Waals surface area contributed by atoms with E-state index in [0.29, 0.717) is 11.0 Å². The number of rotatable bonds is 1. The third-order valence-electron chi connectivity index (χ3n) is 2.80. The summed E-state index contributed by atoms with van der Waals surface area (Å²) in [6.07, 6.45) is 3.26. The maximum Gasteiger partial charge on any atom is 0.248 e. The second-order valence-electron chi connectivity index (χ2n) is 3.91. The highest BCUT2D eigenvalue weighted by Gasteiger charge is 2.10. The fourth-order valence-electron chi connectivity index (χ4n) is 1.86. The van der Waals surface area contributed by atoms with Crippen LogP contribution < -0.4 is 5.56 Å². The molecule has 3 heterocycles. The number of fused-ring (bicyclic) bond motifs is 1. The fraction of sp³-hybridized carbons (Fsp3) is 0.0833. The Bertz CT molecular complexity index is 790. The summed E-state index contributed by atoms with van der Waals surface area (Å²) in [4.78, 5) is 22.4. The van der Waals surface area contributed by atoms with Gasteiger partial charge in [0.1, 0.15) is 17.3 Å². The number of imidazole rings is 1. The van der Waals surface area contributed by atoms with Crippen LogP contribution in [0.25, 0.3) is 16.7 Å². The van der Waals surface area contributed by atoms with Gasteiger partial charge in [0, 0.05) is 17.6 Å². The lowest BCUT2D eigenvalue weighted by Crippen LogP contribution is -2.05. The van der Waals surface area contributed by atoms with E-state index in [0.717, 1.165) is 16.6 Å². The standard InChI is InChI=1S/C12H9ClN4O/c1-7-11(13)15-6-17(7)12-8-2-3-10(18)16-9(8)4-5-14-12/h2-6H,1H3,(H,16,18). The second kappa shape index (κ2) is 3.96. The third-order valence-corrected chi connectivity index (χ3v) is 3.17. The van der Waals surface area contributed by atoms with Gasteiger partial charge in [-0.15, -0.1) is 0 Å². The predicted molar refractivity (Wildman–Crippen MR) is 69.2 cm³/mol. The molecule has 3 rings (SSSR count). The Morgan fingerprint density at radius 3 is 2.83 bits per heavy atom. The zero-order valence-corrected chi connectivity index (χ0v) is 10.3. The van der Waals surface area contributed by atoms with Crippen LogP contribution in [0.4, 0.5) is 0 Å². The van der Waals surface area contributed by atoms with E-state index in [1.54, 1.807) is 29.2 Å². The molecule has 0 saturated carbocycles. The number of aromatic nitrogens is 4. The summed E-state index contributed by atoms with van der Waals surface area (Å²) >= 11 is 5.94. The first-order chi connectivity index (χ1) is 8.66. The van der Waals surface area contributed by atoms with E-state index in [9.17, 15) is 4.79 Å². The molecule has 0 amide bonds. The molecule has 0 saturated heterocycles. The van der Waals surface area contributed by atoms with Crippen LogP contribution in [0.1, 0.15) is 5.69 Å². The van der Waals surface area contributed by atoms with Crippen LogP contribution in [-0.4, -0.2) is 19.5 Å². The molecule has 0 aliphatic carbocycles. The molecule has 90 valence electrons. The van der Waals surface area contributed by atoms with Crippen molar-refractivity contribution >= 4 is 22.5 Å². The number of nitrogens with zero attached hydrogens (tertiary/aromatic N) is 3. The quantitative estimate of drug-likeness (QED) is 0.728. The minimum Gasteiger partial charge on any atom is -0.322 e. The van der Waals surface area contributed by atoms with Gasteiger partial charge in [-0.05, 0) is 19.1 Å². The lowest BCUT2D eigenvalue weighted by molar-refractivity contribution is 0.964. The molecular weight excluding hydrogens is 252 g/mol. The van der Waals surface area contributed by atoms with Crippen LogP contribution in [0.3, 0.4) is 0 Å². The van der Waals surface area contributed by atoms with E-state index in [2.05, 4.69) is 15.0 Å². The van der Waals surface area contributed by atoms with Crippen LogP contribution >= 0.6 is 11.6 Å². The van der Waals surface area contributed by atoms with Crippen molar-refractivity contribution in [3.05, 3.63) is 51.9 Å². The molecule has 0 radical (unpaired) electrons. The molecule has 0 unspecified atom stereocenters. The molecular formula is C12H9ClN4O. The number of halogens is 1. The van der Waals surface area contributed by atoms with Gasteiger partial charge in [-0.25, -0.2) is 9.97 Å². The van der Waals surface area contributed by atoms with E-state index in [1.165, 1.54) is 6.07 Å². The van der Waals surface area contributed by atoms with E-state index < -0.39 is 0 Å². The van der Waals surface area contributed by atoms with Gasteiger partial charge in [-0.2, -0.15) is 0 Å². The van der Waals surface area contributed by atoms with Crippen LogP contribution in [0.15, 0.2) is 35.5 Å². The number of hydrogen-bond donors (Lipinski definition) is 1. The van der Waals surface area contributed by atoms with Crippen molar-refractivity contribution in [2.75, 3.05) is 0 Å². The fourth-order valence-corrected chi connectivity index (χ4v) is 2.00. The molecule has 0 bridgehead atoms. The molecule has 0 aliphatic rings. The molecule has 1 N–H and O–H groups in total. The van der Waals surface area contributed by atoms with Gasteiger partial charge < -0.3 is 4.98 Å². The normalized spacial score (nSPS) is 11.0. The van der Waals surface area contributed by atoms with Gasteiger partial charge in [0.05, 0.1) is 11.2 Å². The highest BCUT2D eigenvalue weighted by molar-refractivity contribution is 6.30. The Balaban J connectivity index is 2.36. The van der Waals surface area contributed by atoms with Crippen LogP contribution in [0.5, 0.6) is 0 Å². The van der Waals surface area contributed by atoms with E-state index in [1.807, 2.05) is 6.92 Å². The number of hydrogen-bond acceptors (Lipinski definition) is 3. The van der Waals surface area contributed by atoms with Crippen molar-refractivity contribution < 1.29 is 0 Å². The van der Waals surface area contributed by atoms with Crippen molar-refractivity contribution in [1.29, 1.82) is 0 Å². The second-order valence-corrected chi connectivity index (χ2v) is 4.27. The van der Waals surface area contributed by atoms with E-state index in [4.69, 9.17) is 11.6 Å². The maximum absolute atomic E-state index is 11.3. The monoisotopic (exact) mass is 260 g/mol. The number of nitrogens with one attached hydrogen (secondary N) is 1. The van der Waals surface area contributed by atoms with Gasteiger partial charge in [0.15, 0.2) is 0 Å². The number of H-pyrrole nitrogens is 1. The molecule has 3 aromatic rings. The zero-order valence-electron chi connectivity index (χ0n) is 9.51. The van der Waals surface area contributed by atoms with Crippen LogP contribution in [-0.2, 0) is 0 Å². The topological polar surface area (TPSA) is 63.6 Å². The average Bonchev–Trinajstić information content (AvgIpc) is 2.69. The van der Waals surface area contributed by atoms with E-state index in [-0.39, 0.29) is 5.56 Å². The minimum atomic E-state index is -0.139. The lowest BCUT2D eigenvalue weighted by Gasteiger charge is -2.07. The summed E-state index contributed by atoms with van der Waals surface area (Å²) in [7, 11) is 0. The Hall–Kier alpha value is -2.14. The number of aromatic amines is 1. The summed E-state index contributed by atoms with van der Waals surface area (Å²) in [6.45, 7) is 1.86. The molecule has 3 aromatic heterocycles. The van der Waals surface area contributed by atoms with Gasteiger partial charge in [0.25, 0.3) is 0 Å². The molecule has 5 nitrogen and oxygen atoms in total. The summed E-state index contributed by atoms with van der Waals surface area (Å²) in [5, 5.41) is 1.28. The number of pyridine rings is 2. The van der Waals surface area contributed by atoms with Gasteiger partial charge in [-0.3, -0.25) is 9.36 Å². The Labute approximate surface area is 107 Å². The Morgan fingerprint density at radius 2 is 2.11 bits per heavy atom. The van der Waals surface area contributed by atoms with Crippen LogP contribution in [0.2, 0.25) is 5.15 Å². The molecule has 0 aromatic carbocycles. The van der Waals surface area contributed by atoms with Crippen molar-refractivity contribution in [2.45, 2.75) is 6.92 Å².